The summed E-state index contributed by atoms with van der Waals surface area (Å²) in [6, 6.07) is 16.2. The highest BCUT2D eigenvalue weighted by Crippen LogP contribution is 2.28. The number of benzene rings is 2. The highest BCUT2D eigenvalue weighted by Gasteiger charge is 2.28. The lowest BCUT2D eigenvalue weighted by Gasteiger charge is -2.30. The number of fused-ring (bicyclic) bond motifs is 1. The molecule has 0 saturated carbocycles. The fourth-order valence-electron chi connectivity index (χ4n) is 5.19. The van der Waals surface area contributed by atoms with Gasteiger partial charge in [0, 0.05) is 36.2 Å². The molecule has 4 aromatic rings. The second-order valence-corrected chi connectivity index (χ2v) is 9.97. The molecule has 1 fully saturated rings. The van der Waals surface area contributed by atoms with Crippen LogP contribution in [0.3, 0.4) is 0 Å². The SMILES string of the molecule is CCOc1ccc2[nH]c(=O)c(CN(Cc3ccc(C)cc3)[C@@H](CC)c3nnnn3C[C@@H]3CCCO3)cc2c1. The molecule has 0 unspecified atom stereocenters. The molecule has 9 nitrogen and oxygen atoms in total. The van der Waals surface area contributed by atoms with Gasteiger partial charge >= 0.3 is 0 Å². The second kappa shape index (κ2) is 11.9. The van der Waals surface area contributed by atoms with Crippen molar-refractivity contribution in [1.82, 2.24) is 30.1 Å². The van der Waals surface area contributed by atoms with Crippen LogP contribution in [0.5, 0.6) is 5.75 Å². The Kier molecular flexibility index (Phi) is 8.14. The Hall–Kier alpha value is -3.56. The van der Waals surface area contributed by atoms with Gasteiger partial charge in [-0.1, -0.05) is 36.8 Å². The van der Waals surface area contributed by atoms with Crippen LogP contribution in [0, 0.1) is 6.92 Å². The van der Waals surface area contributed by atoms with Crippen molar-refractivity contribution in [3.05, 3.63) is 81.4 Å². The van der Waals surface area contributed by atoms with Crippen molar-refractivity contribution in [2.24, 2.45) is 0 Å². The third-order valence-electron chi connectivity index (χ3n) is 7.17. The van der Waals surface area contributed by atoms with Crippen LogP contribution in [0.15, 0.2) is 53.3 Å². The van der Waals surface area contributed by atoms with Crippen LogP contribution in [0.1, 0.15) is 61.7 Å². The van der Waals surface area contributed by atoms with E-state index in [9.17, 15) is 4.79 Å². The van der Waals surface area contributed by atoms with Crippen LogP contribution in [0.2, 0.25) is 0 Å². The molecule has 1 aliphatic heterocycles. The topological polar surface area (TPSA) is 98.2 Å². The average molecular weight is 517 g/mol. The summed E-state index contributed by atoms with van der Waals surface area (Å²) in [5, 5.41) is 13.7. The van der Waals surface area contributed by atoms with E-state index in [4.69, 9.17) is 9.47 Å². The molecule has 0 radical (unpaired) electrons. The van der Waals surface area contributed by atoms with Gasteiger partial charge < -0.3 is 14.5 Å². The molecule has 2 aromatic carbocycles. The minimum Gasteiger partial charge on any atom is -0.494 e. The number of nitrogens with one attached hydrogen (secondary N) is 1. The van der Waals surface area contributed by atoms with E-state index in [1.165, 1.54) is 11.1 Å². The first-order chi connectivity index (χ1) is 18.5. The maximum Gasteiger partial charge on any atom is 0.252 e. The molecule has 0 amide bonds. The molecule has 0 aliphatic carbocycles. The quantitative estimate of drug-likeness (QED) is 0.312. The van der Waals surface area contributed by atoms with Crippen molar-refractivity contribution in [2.45, 2.75) is 71.8 Å². The largest absolute Gasteiger partial charge is 0.494 e. The number of H-pyrrole nitrogens is 1. The normalized spacial score (nSPS) is 16.4. The molecule has 3 heterocycles. The van der Waals surface area contributed by atoms with E-state index in [0.717, 1.165) is 48.3 Å². The molecule has 38 heavy (non-hydrogen) atoms. The Morgan fingerprint density at radius 1 is 1.16 bits per heavy atom. The van der Waals surface area contributed by atoms with Gasteiger partial charge in [0.25, 0.3) is 5.56 Å². The summed E-state index contributed by atoms with van der Waals surface area (Å²) in [5.74, 6) is 1.58. The zero-order valence-electron chi connectivity index (χ0n) is 22.4. The lowest BCUT2D eigenvalue weighted by Crippen LogP contribution is -2.33. The van der Waals surface area contributed by atoms with Crippen molar-refractivity contribution < 1.29 is 9.47 Å². The van der Waals surface area contributed by atoms with E-state index >= 15 is 0 Å². The highest BCUT2D eigenvalue weighted by molar-refractivity contribution is 5.80. The van der Waals surface area contributed by atoms with Crippen molar-refractivity contribution in [3.63, 3.8) is 0 Å². The Morgan fingerprint density at radius 3 is 2.74 bits per heavy atom. The number of aryl methyl sites for hydroxylation is 1. The van der Waals surface area contributed by atoms with Gasteiger partial charge in [-0.15, -0.1) is 5.10 Å². The fraction of sp³-hybridized carbons (Fsp3) is 0.448. The summed E-state index contributed by atoms with van der Waals surface area (Å²) in [7, 11) is 0. The number of rotatable bonds is 11. The smallest absolute Gasteiger partial charge is 0.252 e. The van der Waals surface area contributed by atoms with E-state index in [0.29, 0.717) is 31.8 Å². The molecule has 5 rings (SSSR count). The highest BCUT2D eigenvalue weighted by atomic mass is 16.5. The lowest BCUT2D eigenvalue weighted by molar-refractivity contribution is 0.0888. The number of nitrogens with zero attached hydrogens (tertiary/aromatic N) is 5. The lowest BCUT2D eigenvalue weighted by atomic mass is 10.1. The summed E-state index contributed by atoms with van der Waals surface area (Å²) in [6.45, 7) is 9.29. The summed E-state index contributed by atoms with van der Waals surface area (Å²) < 4.78 is 13.4. The Bertz CT molecular complexity index is 1410. The standard InChI is InChI=1S/C29H36N6O3/c1-4-27(28-31-32-33-35(28)19-25-7-6-14-38-25)34(17-21-10-8-20(3)9-11-21)18-23-15-22-16-24(37-5-2)12-13-26(22)30-29(23)36/h8-13,15-16,25,27H,4-7,14,17-19H2,1-3H3,(H,30,36)/t25-,27-/m0/s1. The molecule has 1 N–H and O–H groups in total. The number of pyridine rings is 1. The van der Waals surface area contributed by atoms with E-state index < -0.39 is 0 Å². The molecule has 1 saturated heterocycles. The van der Waals surface area contributed by atoms with Crippen molar-refractivity contribution in [1.29, 1.82) is 0 Å². The third-order valence-corrected chi connectivity index (χ3v) is 7.17. The molecule has 2 atom stereocenters. The zero-order valence-corrected chi connectivity index (χ0v) is 22.4. The third kappa shape index (κ3) is 5.95. The second-order valence-electron chi connectivity index (χ2n) is 9.97. The van der Waals surface area contributed by atoms with E-state index in [-0.39, 0.29) is 17.7 Å². The fourth-order valence-corrected chi connectivity index (χ4v) is 5.19. The molecule has 2 aromatic heterocycles. The van der Waals surface area contributed by atoms with Gasteiger partial charge in [-0.05, 0) is 73.4 Å². The van der Waals surface area contributed by atoms with Crippen molar-refractivity contribution >= 4 is 10.9 Å². The first-order valence-electron chi connectivity index (χ1n) is 13.5. The van der Waals surface area contributed by atoms with Crippen LogP contribution < -0.4 is 10.3 Å². The Labute approximate surface area is 222 Å². The van der Waals surface area contributed by atoms with Crippen LogP contribution >= 0.6 is 0 Å². The maximum absolute atomic E-state index is 13.2. The monoisotopic (exact) mass is 516 g/mol. The first-order valence-corrected chi connectivity index (χ1v) is 13.5. The van der Waals surface area contributed by atoms with Gasteiger partial charge in [0.15, 0.2) is 5.82 Å². The van der Waals surface area contributed by atoms with E-state index in [1.807, 2.05) is 35.9 Å². The predicted octanol–water partition coefficient (Wildman–Crippen LogP) is 4.55. The molecular weight excluding hydrogens is 480 g/mol. The minimum absolute atomic E-state index is 0.0856. The Morgan fingerprint density at radius 2 is 2.00 bits per heavy atom. The number of aromatic amines is 1. The molecule has 0 bridgehead atoms. The molecule has 1 aliphatic rings. The van der Waals surface area contributed by atoms with Gasteiger partial charge in [0.1, 0.15) is 5.75 Å². The number of tetrazole rings is 1. The average Bonchev–Trinajstić information content (AvgIpc) is 3.59. The van der Waals surface area contributed by atoms with Gasteiger partial charge in [0.05, 0.1) is 25.3 Å². The van der Waals surface area contributed by atoms with Crippen molar-refractivity contribution in [2.75, 3.05) is 13.2 Å². The van der Waals surface area contributed by atoms with Gasteiger partial charge in [-0.2, -0.15) is 0 Å². The number of hydrogen-bond acceptors (Lipinski definition) is 7. The first kappa shape index (κ1) is 26.1. The van der Waals surface area contributed by atoms with Crippen LogP contribution in [-0.2, 0) is 24.4 Å². The van der Waals surface area contributed by atoms with Gasteiger partial charge in [-0.25, -0.2) is 4.68 Å². The maximum atomic E-state index is 13.2. The number of aromatic nitrogens is 5. The van der Waals surface area contributed by atoms with Gasteiger partial charge in [0.2, 0.25) is 0 Å². The number of hydrogen-bond donors (Lipinski definition) is 1. The van der Waals surface area contributed by atoms with E-state index in [2.05, 4.69) is 63.5 Å². The summed E-state index contributed by atoms with van der Waals surface area (Å²) in [5.41, 5.74) is 3.77. The van der Waals surface area contributed by atoms with Crippen LogP contribution in [0.4, 0.5) is 0 Å². The molecule has 9 heteroatoms. The predicted molar refractivity (Wildman–Crippen MR) is 146 cm³/mol. The Balaban J connectivity index is 1.49. The zero-order chi connectivity index (χ0) is 26.5. The molecule has 0 spiro atoms. The van der Waals surface area contributed by atoms with Gasteiger partial charge in [-0.3, -0.25) is 9.69 Å². The van der Waals surface area contributed by atoms with Crippen molar-refractivity contribution in [3.8, 4) is 5.75 Å². The molecular formula is C29H36N6O3. The van der Waals surface area contributed by atoms with Crippen LogP contribution in [0.25, 0.3) is 10.9 Å². The summed E-state index contributed by atoms with van der Waals surface area (Å²) in [4.78, 5) is 18.5. The van der Waals surface area contributed by atoms with E-state index in [1.54, 1.807) is 0 Å². The summed E-state index contributed by atoms with van der Waals surface area (Å²) >= 11 is 0. The van der Waals surface area contributed by atoms with Crippen LogP contribution in [-0.4, -0.2) is 49.4 Å². The number of ether oxygens (including phenoxy) is 2. The minimum atomic E-state index is -0.0932. The molecule has 200 valence electrons. The summed E-state index contributed by atoms with van der Waals surface area (Å²) in [6.07, 6.45) is 2.99.